The highest BCUT2D eigenvalue weighted by Gasteiger charge is 2.35. The van der Waals surface area contributed by atoms with Crippen LogP contribution in [0.3, 0.4) is 0 Å². The molecule has 9 heteroatoms. The number of nitrogens with zero attached hydrogens (tertiary/aromatic N) is 5. The Kier molecular flexibility index (Phi) is 4.80. The molecule has 1 fully saturated rings. The van der Waals surface area contributed by atoms with Gasteiger partial charge in [-0.3, -0.25) is 0 Å². The van der Waals surface area contributed by atoms with Gasteiger partial charge in [-0.2, -0.15) is 18.2 Å². The number of benzene rings is 1. The fraction of sp³-hybridized carbons (Fsp3) is 0.412. The highest BCUT2D eigenvalue weighted by atomic mass is 19.4. The van der Waals surface area contributed by atoms with Gasteiger partial charge in [0, 0.05) is 46.3 Å². The van der Waals surface area contributed by atoms with E-state index < -0.39 is 11.9 Å². The number of anilines is 3. The minimum atomic E-state index is -4.53. The predicted octanol–water partition coefficient (Wildman–Crippen LogP) is 2.59. The highest BCUT2D eigenvalue weighted by molar-refractivity contribution is 5.58. The van der Waals surface area contributed by atoms with Crippen molar-refractivity contribution in [3.8, 4) is 5.75 Å². The van der Waals surface area contributed by atoms with Crippen LogP contribution in [0.2, 0.25) is 0 Å². The Balaban J connectivity index is 1.81. The Morgan fingerprint density at radius 3 is 2.19 bits per heavy atom. The second kappa shape index (κ2) is 6.89. The van der Waals surface area contributed by atoms with Gasteiger partial charge < -0.3 is 19.8 Å². The van der Waals surface area contributed by atoms with Crippen LogP contribution in [0, 0.1) is 0 Å². The molecule has 0 saturated carbocycles. The van der Waals surface area contributed by atoms with Crippen LogP contribution in [0.4, 0.5) is 30.6 Å². The molecule has 0 amide bonds. The zero-order valence-corrected chi connectivity index (χ0v) is 14.5. The normalized spacial score (nSPS) is 15.3. The average molecular weight is 367 g/mol. The standard InChI is InChI=1S/C17H20F3N5O/c1-23(2)15-11-14(17(18,19)20)21-16(22-15)25-9-7-24(8-10-25)12-5-3-4-6-13(12)26/h3-6,11,26H,7-10H2,1-2H3. The van der Waals surface area contributed by atoms with E-state index in [0.717, 1.165) is 6.07 Å². The maximum absolute atomic E-state index is 13.1. The summed E-state index contributed by atoms with van der Waals surface area (Å²) in [5.41, 5.74) is -0.236. The smallest absolute Gasteiger partial charge is 0.433 e. The molecule has 0 aliphatic carbocycles. The van der Waals surface area contributed by atoms with Crippen LogP contribution >= 0.6 is 0 Å². The maximum Gasteiger partial charge on any atom is 0.433 e. The number of phenols is 1. The van der Waals surface area contributed by atoms with Gasteiger partial charge in [-0.1, -0.05) is 12.1 Å². The minimum Gasteiger partial charge on any atom is -0.506 e. The summed E-state index contributed by atoms with van der Waals surface area (Å²) >= 11 is 0. The third-order valence-corrected chi connectivity index (χ3v) is 4.23. The number of phenolic OH excluding ortho intramolecular Hbond substituents is 1. The van der Waals surface area contributed by atoms with Crippen LogP contribution < -0.4 is 14.7 Å². The number of aromatic hydroxyl groups is 1. The van der Waals surface area contributed by atoms with E-state index in [1.54, 1.807) is 31.1 Å². The summed E-state index contributed by atoms with van der Waals surface area (Å²) in [5, 5.41) is 9.96. The van der Waals surface area contributed by atoms with Gasteiger partial charge in [-0.15, -0.1) is 0 Å². The Labute approximate surface area is 149 Å². The molecule has 1 N–H and O–H groups in total. The number of rotatable bonds is 3. The Morgan fingerprint density at radius 2 is 1.62 bits per heavy atom. The summed E-state index contributed by atoms with van der Waals surface area (Å²) in [4.78, 5) is 13.2. The summed E-state index contributed by atoms with van der Waals surface area (Å²) in [5.74, 6) is 0.470. The zero-order valence-electron chi connectivity index (χ0n) is 14.5. The van der Waals surface area contributed by atoms with Crippen LogP contribution in [-0.2, 0) is 6.18 Å². The van der Waals surface area contributed by atoms with Gasteiger partial charge >= 0.3 is 6.18 Å². The number of hydrogen-bond acceptors (Lipinski definition) is 6. The number of para-hydroxylation sites is 2. The number of alkyl halides is 3. The summed E-state index contributed by atoms with van der Waals surface area (Å²) in [6.07, 6.45) is -4.53. The van der Waals surface area contributed by atoms with E-state index in [4.69, 9.17) is 0 Å². The van der Waals surface area contributed by atoms with Crippen molar-refractivity contribution >= 4 is 17.5 Å². The Bertz CT molecular complexity index is 773. The van der Waals surface area contributed by atoms with Crippen LogP contribution in [0.15, 0.2) is 30.3 Å². The van der Waals surface area contributed by atoms with E-state index in [1.807, 2.05) is 17.0 Å². The molecular formula is C17H20F3N5O. The SMILES string of the molecule is CN(C)c1cc(C(F)(F)F)nc(N2CCN(c3ccccc3O)CC2)n1. The second-order valence-electron chi connectivity index (χ2n) is 6.27. The second-order valence-corrected chi connectivity index (χ2v) is 6.27. The van der Waals surface area contributed by atoms with Crippen molar-refractivity contribution in [3.05, 3.63) is 36.0 Å². The molecule has 0 atom stereocenters. The molecule has 0 unspecified atom stereocenters. The number of halogens is 3. The first-order valence-electron chi connectivity index (χ1n) is 8.17. The van der Waals surface area contributed by atoms with Crippen molar-refractivity contribution in [2.24, 2.45) is 0 Å². The topological polar surface area (TPSA) is 55.7 Å². The lowest BCUT2D eigenvalue weighted by Crippen LogP contribution is -2.47. The van der Waals surface area contributed by atoms with Crippen LogP contribution in [0.25, 0.3) is 0 Å². The lowest BCUT2D eigenvalue weighted by molar-refractivity contribution is -0.141. The number of piperazine rings is 1. The third kappa shape index (κ3) is 3.76. The zero-order chi connectivity index (χ0) is 18.9. The van der Waals surface area contributed by atoms with E-state index in [0.29, 0.717) is 31.9 Å². The number of aromatic nitrogens is 2. The highest BCUT2D eigenvalue weighted by Crippen LogP contribution is 2.32. The lowest BCUT2D eigenvalue weighted by atomic mass is 10.2. The molecule has 0 spiro atoms. The molecule has 1 aromatic heterocycles. The quantitative estimate of drug-likeness (QED) is 0.900. The molecule has 1 aromatic carbocycles. The molecule has 26 heavy (non-hydrogen) atoms. The maximum atomic E-state index is 13.1. The van der Waals surface area contributed by atoms with Crippen molar-refractivity contribution in [1.82, 2.24) is 9.97 Å². The monoisotopic (exact) mass is 367 g/mol. The molecule has 6 nitrogen and oxygen atoms in total. The van der Waals surface area contributed by atoms with E-state index in [-0.39, 0.29) is 17.5 Å². The van der Waals surface area contributed by atoms with Gasteiger partial charge in [0.2, 0.25) is 5.95 Å². The van der Waals surface area contributed by atoms with E-state index in [9.17, 15) is 18.3 Å². The van der Waals surface area contributed by atoms with Crippen molar-refractivity contribution in [1.29, 1.82) is 0 Å². The summed E-state index contributed by atoms with van der Waals surface area (Å²) in [6, 6.07) is 7.95. The van der Waals surface area contributed by atoms with Crippen LogP contribution in [-0.4, -0.2) is 55.3 Å². The van der Waals surface area contributed by atoms with Gasteiger partial charge in [0.1, 0.15) is 11.6 Å². The average Bonchev–Trinajstić information content (AvgIpc) is 2.61. The van der Waals surface area contributed by atoms with Crippen molar-refractivity contribution < 1.29 is 18.3 Å². The fourth-order valence-electron chi connectivity index (χ4n) is 2.82. The van der Waals surface area contributed by atoms with Gasteiger partial charge in [-0.05, 0) is 12.1 Å². The molecule has 1 aliphatic heterocycles. The fourth-order valence-corrected chi connectivity index (χ4v) is 2.82. The third-order valence-electron chi connectivity index (χ3n) is 4.23. The molecule has 1 saturated heterocycles. The van der Waals surface area contributed by atoms with Crippen LogP contribution in [0.5, 0.6) is 5.75 Å². The van der Waals surface area contributed by atoms with Gasteiger partial charge in [-0.25, -0.2) is 4.98 Å². The molecule has 3 rings (SSSR count). The summed E-state index contributed by atoms with van der Waals surface area (Å²) in [6.45, 7) is 2.02. The van der Waals surface area contributed by atoms with Crippen molar-refractivity contribution in [2.75, 3.05) is 55.0 Å². The van der Waals surface area contributed by atoms with Crippen molar-refractivity contribution in [3.63, 3.8) is 0 Å². The van der Waals surface area contributed by atoms with Crippen LogP contribution in [0.1, 0.15) is 5.69 Å². The first kappa shape index (κ1) is 18.1. The van der Waals surface area contributed by atoms with E-state index in [2.05, 4.69) is 9.97 Å². The first-order chi connectivity index (χ1) is 12.3. The van der Waals surface area contributed by atoms with Gasteiger partial charge in [0.15, 0.2) is 5.69 Å². The van der Waals surface area contributed by atoms with Gasteiger partial charge in [0.05, 0.1) is 5.69 Å². The molecule has 1 aliphatic rings. The van der Waals surface area contributed by atoms with Gasteiger partial charge in [0.25, 0.3) is 0 Å². The number of hydrogen-bond donors (Lipinski definition) is 1. The lowest BCUT2D eigenvalue weighted by Gasteiger charge is -2.36. The van der Waals surface area contributed by atoms with Crippen molar-refractivity contribution in [2.45, 2.75) is 6.18 Å². The first-order valence-corrected chi connectivity index (χ1v) is 8.17. The molecular weight excluding hydrogens is 347 g/mol. The molecule has 2 aromatic rings. The van der Waals surface area contributed by atoms with E-state index in [1.165, 1.54) is 4.90 Å². The molecule has 0 bridgehead atoms. The summed E-state index contributed by atoms with van der Waals surface area (Å²) < 4.78 is 39.4. The molecule has 140 valence electrons. The predicted molar refractivity (Wildman–Crippen MR) is 93.9 cm³/mol. The Morgan fingerprint density at radius 1 is 1.00 bits per heavy atom. The van der Waals surface area contributed by atoms with E-state index >= 15 is 0 Å². The Hall–Kier alpha value is -2.71. The minimum absolute atomic E-state index is 0.0699. The molecule has 0 radical (unpaired) electrons. The molecule has 2 heterocycles. The summed E-state index contributed by atoms with van der Waals surface area (Å²) in [7, 11) is 3.28. The largest absolute Gasteiger partial charge is 0.506 e.